The molecule has 0 aromatic heterocycles. The van der Waals surface area contributed by atoms with Crippen molar-refractivity contribution in [1.29, 1.82) is 0 Å². The average Bonchev–Trinajstić information content (AvgIpc) is 2.82. The summed E-state index contributed by atoms with van der Waals surface area (Å²) in [5.74, 6) is 0.215. The molecule has 0 spiro atoms. The van der Waals surface area contributed by atoms with Crippen molar-refractivity contribution in [1.82, 2.24) is 0 Å². The number of carbonyl (C=O) groups is 2. The highest BCUT2D eigenvalue weighted by molar-refractivity contribution is 6.22. The molecule has 0 heterocycles. The predicted molar refractivity (Wildman–Crippen MR) is 56.1 cm³/mol. The lowest BCUT2D eigenvalue weighted by Crippen LogP contribution is -2.30. The van der Waals surface area contributed by atoms with E-state index in [0.29, 0.717) is 5.57 Å². The number of hydrogen-bond acceptors (Lipinski definition) is 2. The molecule has 0 N–H and O–H groups in total. The summed E-state index contributed by atoms with van der Waals surface area (Å²) in [7, 11) is 0. The Labute approximate surface area is 88.4 Å². The van der Waals surface area contributed by atoms with Crippen molar-refractivity contribution in [3.63, 3.8) is 0 Å². The Balaban J connectivity index is 2.19. The molecular weight excluding hydrogens is 188 g/mol. The van der Waals surface area contributed by atoms with Crippen molar-refractivity contribution < 1.29 is 9.59 Å². The zero-order valence-corrected chi connectivity index (χ0v) is 8.62. The highest BCUT2D eigenvalue weighted by Gasteiger charge is 2.46. The molecule has 0 aromatic carbocycles. The Morgan fingerprint density at radius 3 is 2.47 bits per heavy atom. The lowest BCUT2D eigenvalue weighted by Gasteiger charge is -2.25. The van der Waals surface area contributed by atoms with Gasteiger partial charge in [0.2, 0.25) is 0 Å². The molecule has 0 aromatic rings. The minimum absolute atomic E-state index is 0.0222. The van der Waals surface area contributed by atoms with Crippen molar-refractivity contribution in [2.45, 2.75) is 13.3 Å². The zero-order chi connectivity index (χ0) is 10.7. The van der Waals surface area contributed by atoms with Crippen LogP contribution in [0.25, 0.3) is 0 Å². The quantitative estimate of drug-likeness (QED) is 0.441. The van der Waals surface area contributed by atoms with E-state index in [1.54, 1.807) is 6.92 Å². The maximum Gasteiger partial charge on any atom is 0.186 e. The van der Waals surface area contributed by atoms with Gasteiger partial charge in [-0.2, -0.15) is 0 Å². The molecule has 3 unspecified atom stereocenters. The van der Waals surface area contributed by atoms with Gasteiger partial charge in [-0.1, -0.05) is 25.7 Å². The zero-order valence-electron chi connectivity index (χ0n) is 8.62. The van der Waals surface area contributed by atoms with Crippen molar-refractivity contribution in [3.8, 4) is 0 Å². The van der Waals surface area contributed by atoms with E-state index in [0.717, 1.165) is 17.6 Å². The number of fused-ring (bicyclic) bond motifs is 4. The molecule has 0 aliphatic heterocycles. The van der Waals surface area contributed by atoms with Crippen molar-refractivity contribution in [3.05, 3.63) is 35.5 Å². The van der Waals surface area contributed by atoms with Gasteiger partial charge in [0, 0.05) is 34.5 Å². The number of rotatable bonds is 0. The van der Waals surface area contributed by atoms with E-state index < -0.39 is 0 Å². The van der Waals surface area contributed by atoms with E-state index in [1.165, 1.54) is 0 Å². The normalized spacial score (nSPS) is 37.9. The van der Waals surface area contributed by atoms with Crippen LogP contribution in [0.4, 0.5) is 0 Å². The summed E-state index contributed by atoms with van der Waals surface area (Å²) < 4.78 is 0. The summed E-state index contributed by atoms with van der Waals surface area (Å²) in [5.41, 5.74) is 2.00. The summed E-state index contributed by atoms with van der Waals surface area (Å²) in [6.45, 7) is 5.52. The van der Waals surface area contributed by atoms with Gasteiger partial charge in [-0.05, 0) is 6.42 Å². The third kappa shape index (κ3) is 0.895. The maximum atomic E-state index is 12.0. The van der Waals surface area contributed by atoms with E-state index in [4.69, 9.17) is 0 Å². The van der Waals surface area contributed by atoms with Gasteiger partial charge in [-0.15, -0.1) is 0 Å². The first-order valence-corrected chi connectivity index (χ1v) is 5.31. The molecule has 3 aliphatic rings. The van der Waals surface area contributed by atoms with Crippen molar-refractivity contribution in [2.75, 3.05) is 0 Å². The van der Waals surface area contributed by atoms with Crippen LogP contribution in [0, 0.1) is 17.8 Å². The molecule has 3 rings (SSSR count). The second-order valence-corrected chi connectivity index (χ2v) is 4.60. The number of ketones is 2. The fraction of sp³-hybridized carbons (Fsp3) is 0.385. The van der Waals surface area contributed by atoms with Crippen molar-refractivity contribution in [2.24, 2.45) is 17.8 Å². The predicted octanol–water partition coefficient (Wildman–Crippen LogP) is 1.83. The number of carbonyl (C=O) groups excluding carboxylic acids is 2. The smallest absolute Gasteiger partial charge is 0.186 e. The Bertz CT molecular complexity index is 465. The fourth-order valence-electron chi connectivity index (χ4n) is 2.89. The van der Waals surface area contributed by atoms with Crippen LogP contribution in [0.5, 0.6) is 0 Å². The standard InChI is InChI=1S/C13H12O2/c1-6-7(2)13(15)11-9-4-3-8(5-9)10(11)12(6)14/h3-4,7-9H,1,5H2,2H3. The van der Waals surface area contributed by atoms with Gasteiger partial charge < -0.3 is 0 Å². The Morgan fingerprint density at radius 1 is 1.20 bits per heavy atom. The third-order valence-electron chi connectivity index (χ3n) is 3.83. The van der Waals surface area contributed by atoms with E-state index in [9.17, 15) is 9.59 Å². The first kappa shape index (κ1) is 8.84. The molecule has 0 fully saturated rings. The Morgan fingerprint density at radius 2 is 1.80 bits per heavy atom. The number of Topliss-reactive ketones (excluding diaryl/α,β-unsaturated/α-hetero) is 2. The van der Waals surface area contributed by atoms with Gasteiger partial charge >= 0.3 is 0 Å². The van der Waals surface area contributed by atoms with Crippen LogP contribution in [-0.4, -0.2) is 11.6 Å². The van der Waals surface area contributed by atoms with Gasteiger partial charge in [0.1, 0.15) is 0 Å². The lowest BCUT2D eigenvalue weighted by atomic mass is 9.76. The van der Waals surface area contributed by atoms with E-state index in [2.05, 4.69) is 18.7 Å². The third-order valence-corrected chi connectivity index (χ3v) is 3.83. The number of hydrogen-bond donors (Lipinski definition) is 0. The molecule has 76 valence electrons. The summed E-state index contributed by atoms with van der Waals surface area (Å²) in [6.07, 6.45) is 5.04. The Hall–Kier alpha value is -1.44. The van der Waals surface area contributed by atoms with Crippen molar-refractivity contribution >= 4 is 11.6 Å². The molecule has 3 atom stereocenters. The first-order valence-electron chi connectivity index (χ1n) is 5.31. The second kappa shape index (κ2) is 2.57. The monoisotopic (exact) mass is 200 g/mol. The highest BCUT2D eigenvalue weighted by Crippen LogP contribution is 2.48. The molecule has 0 saturated carbocycles. The molecule has 15 heavy (non-hydrogen) atoms. The number of allylic oxidation sites excluding steroid dienone is 5. The minimum atomic E-state index is -0.316. The van der Waals surface area contributed by atoms with Crippen LogP contribution in [0.15, 0.2) is 35.5 Å². The molecule has 0 saturated heterocycles. The minimum Gasteiger partial charge on any atom is -0.294 e. The van der Waals surface area contributed by atoms with E-state index in [1.807, 2.05) is 0 Å². The van der Waals surface area contributed by atoms with Gasteiger partial charge in [0.25, 0.3) is 0 Å². The van der Waals surface area contributed by atoms with Crippen LogP contribution in [0.2, 0.25) is 0 Å². The molecule has 2 nitrogen and oxygen atoms in total. The largest absolute Gasteiger partial charge is 0.294 e. The van der Waals surface area contributed by atoms with Crippen LogP contribution < -0.4 is 0 Å². The highest BCUT2D eigenvalue weighted by atomic mass is 16.1. The summed E-state index contributed by atoms with van der Waals surface area (Å²) in [5, 5.41) is 0. The average molecular weight is 200 g/mol. The molecule has 0 radical (unpaired) electrons. The Kier molecular flexibility index (Phi) is 1.51. The summed E-state index contributed by atoms with van der Waals surface area (Å²) in [4.78, 5) is 24.1. The van der Waals surface area contributed by atoms with Gasteiger partial charge in [-0.3, -0.25) is 9.59 Å². The van der Waals surface area contributed by atoms with Crippen LogP contribution >= 0.6 is 0 Å². The fourth-order valence-corrected chi connectivity index (χ4v) is 2.89. The van der Waals surface area contributed by atoms with E-state index >= 15 is 0 Å². The summed E-state index contributed by atoms with van der Waals surface area (Å²) in [6, 6.07) is 0. The van der Waals surface area contributed by atoms with Crippen LogP contribution in [-0.2, 0) is 9.59 Å². The van der Waals surface area contributed by atoms with Gasteiger partial charge in [-0.25, -0.2) is 0 Å². The molecule has 0 amide bonds. The van der Waals surface area contributed by atoms with Gasteiger partial charge in [0.15, 0.2) is 11.6 Å². The second-order valence-electron chi connectivity index (χ2n) is 4.60. The lowest BCUT2D eigenvalue weighted by molar-refractivity contribution is -0.122. The van der Waals surface area contributed by atoms with Gasteiger partial charge in [0.05, 0.1) is 0 Å². The SMILES string of the molecule is C=C1C(=O)C2=C(C(=O)C1C)C1C=CC2C1. The van der Waals surface area contributed by atoms with Crippen LogP contribution in [0.1, 0.15) is 13.3 Å². The first-order chi connectivity index (χ1) is 7.11. The topological polar surface area (TPSA) is 34.1 Å². The van der Waals surface area contributed by atoms with Crippen LogP contribution in [0.3, 0.4) is 0 Å². The summed E-state index contributed by atoms with van der Waals surface area (Å²) >= 11 is 0. The molecule has 2 heteroatoms. The maximum absolute atomic E-state index is 12.0. The van der Waals surface area contributed by atoms with E-state index in [-0.39, 0.29) is 29.3 Å². The molecule has 2 bridgehead atoms. The molecule has 3 aliphatic carbocycles. The molecular formula is C13H12O2.